The number of benzene rings is 2. The highest BCUT2D eigenvalue weighted by Crippen LogP contribution is 2.30. The van der Waals surface area contributed by atoms with Gasteiger partial charge in [-0.15, -0.1) is 0 Å². The molecule has 6 heteroatoms. The van der Waals surface area contributed by atoms with Gasteiger partial charge in [0.05, 0.1) is 19.7 Å². The molecule has 0 fully saturated rings. The van der Waals surface area contributed by atoms with E-state index in [1.54, 1.807) is 37.6 Å². The summed E-state index contributed by atoms with van der Waals surface area (Å²) >= 11 is 0. The maximum absolute atomic E-state index is 12.9. The molecule has 6 nitrogen and oxygen atoms in total. The van der Waals surface area contributed by atoms with E-state index in [4.69, 9.17) is 9.47 Å². The Morgan fingerprint density at radius 1 is 1.11 bits per heavy atom. The maximum atomic E-state index is 12.9. The number of anilines is 1. The van der Waals surface area contributed by atoms with Crippen molar-refractivity contribution in [3.05, 3.63) is 63.9 Å². The Morgan fingerprint density at radius 2 is 1.93 bits per heavy atom. The predicted octanol–water partition coefficient (Wildman–Crippen LogP) is 3.22. The monoisotopic (exact) mass is 364 g/mol. The SMILES string of the molecule is COc1ccc(NC(=O)c2cn3c4c(cccc4c2=O)CCC3)cc1OC. The van der Waals surface area contributed by atoms with Crippen molar-refractivity contribution in [1.29, 1.82) is 0 Å². The first-order valence-corrected chi connectivity index (χ1v) is 8.81. The van der Waals surface area contributed by atoms with E-state index < -0.39 is 5.91 Å². The molecule has 0 aliphatic carbocycles. The summed E-state index contributed by atoms with van der Waals surface area (Å²) in [6.07, 6.45) is 3.61. The molecule has 0 atom stereocenters. The standard InChI is InChI=1S/C21H20N2O4/c1-26-17-9-8-14(11-18(17)27-2)22-21(25)16-12-23-10-4-6-13-5-3-7-15(19(13)23)20(16)24/h3,5,7-9,11-12H,4,6,10H2,1-2H3,(H,22,25). The quantitative estimate of drug-likeness (QED) is 0.772. The van der Waals surface area contributed by atoms with E-state index >= 15 is 0 Å². The highest BCUT2D eigenvalue weighted by Gasteiger charge is 2.19. The fraction of sp³-hybridized carbons (Fsp3) is 0.238. The van der Waals surface area contributed by atoms with Crippen molar-refractivity contribution in [2.75, 3.05) is 19.5 Å². The number of nitrogens with one attached hydrogen (secondary N) is 1. The lowest BCUT2D eigenvalue weighted by Gasteiger charge is -2.20. The van der Waals surface area contributed by atoms with Gasteiger partial charge in [0.2, 0.25) is 5.43 Å². The Kier molecular flexibility index (Phi) is 4.32. The van der Waals surface area contributed by atoms with Crippen molar-refractivity contribution in [2.45, 2.75) is 19.4 Å². The van der Waals surface area contributed by atoms with Crippen LogP contribution in [0.2, 0.25) is 0 Å². The second-order valence-corrected chi connectivity index (χ2v) is 6.51. The van der Waals surface area contributed by atoms with Crippen molar-refractivity contribution in [3.8, 4) is 11.5 Å². The first-order chi connectivity index (χ1) is 13.1. The van der Waals surface area contributed by atoms with Gasteiger partial charge in [-0.25, -0.2) is 0 Å². The average Bonchev–Trinajstić information content (AvgIpc) is 2.70. The van der Waals surface area contributed by atoms with Gasteiger partial charge >= 0.3 is 0 Å². The minimum atomic E-state index is -0.436. The Morgan fingerprint density at radius 3 is 2.70 bits per heavy atom. The van der Waals surface area contributed by atoms with E-state index in [1.165, 1.54) is 7.11 Å². The van der Waals surface area contributed by atoms with Crippen molar-refractivity contribution >= 4 is 22.5 Å². The first-order valence-electron chi connectivity index (χ1n) is 8.81. The molecule has 0 spiro atoms. The van der Waals surface area contributed by atoms with Crippen molar-refractivity contribution in [1.82, 2.24) is 4.57 Å². The van der Waals surface area contributed by atoms with Gasteiger partial charge in [0.1, 0.15) is 5.56 Å². The predicted molar refractivity (Wildman–Crippen MR) is 104 cm³/mol. The van der Waals surface area contributed by atoms with Gasteiger partial charge in [-0.3, -0.25) is 9.59 Å². The van der Waals surface area contributed by atoms with Crippen LogP contribution in [0.4, 0.5) is 5.69 Å². The highest BCUT2D eigenvalue weighted by molar-refractivity contribution is 6.06. The third-order valence-corrected chi connectivity index (χ3v) is 4.91. The summed E-state index contributed by atoms with van der Waals surface area (Å²) in [7, 11) is 3.08. The molecule has 1 aliphatic rings. The number of hydrogen-bond acceptors (Lipinski definition) is 4. The van der Waals surface area contributed by atoms with Gasteiger partial charge in [0.25, 0.3) is 5.91 Å². The second-order valence-electron chi connectivity index (χ2n) is 6.51. The van der Waals surface area contributed by atoms with E-state index in [0.717, 1.165) is 30.5 Å². The summed E-state index contributed by atoms with van der Waals surface area (Å²) < 4.78 is 12.5. The van der Waals surface area contributed by atoms with Gasteiger partial charge in [0, 0.05) is 29.9 Å². The molecule has 27 heavy (non-hydrogen) atoms. The van der Waals surface area contributed by atoms with Crippen LogP contribution >= 0.6 is 0 Å². The van der Waals surface area contributed by atoms with E-state index in [9.17, 15) is 9.59 Å². The summed E-state index contributed by atoms with van der Waals surface area (Å²) in [6, 6.07) is 10.8. The molecule has 0 radical (unpaired) electrons. The number of methoxy groups -OCH3 is 2. The molecule has 1 aromatic heterocycles. The molecule has 0 saturated heterocycles. The van der Waals surface area contributed by atoms with Crippen molar-refractivity contribution < 1.29 is 14.3 Å². The molecule has 1 amide bonds. The van der Waals surface area contributed by atoms with E-state index in [0.29, 0.717) is 22.6 Å². The number of carbonyl (C=O) groups is 1. The Balaban J connectivity index is 1.74. The van der Waals surface area contributed by atoms with E-state index in [-0.39, 0.29) is 11.0 Å². The van der Waals surface area contributed by atoms with Crippen LogP contribution in [0, 0.1) is 0 Å². The summed E-state index contributed by atoms with van der Waals surface area (Å²) in [6.45, 7) is 0.796. The average molecular weight is 364 g/mol. The maximum Gasteiger partial charge on any atom is 0.261 e. The molecule has 0 saturated carbocycles. The number of amides is 1. The zero-order valence-corrected chi connectivity index (χ0v) is 15.2. The van der Waals surface area contributed by atoms with Gasteiger partial charge in [0.15, 0.2) is 11.5 Å². The van der Waals surface area contributed by atoms with E-state index in [2.05, 4.69) is 5.32 Å². The van der Waals surface area contributed by atoms with Crippen LogP contribution in [0.3, 0.4) is 0 Å². The highest BCUT2D eigenvalue weighted by atomic mass is 16.5. The number of nitrogens with zero attached hydrogens (tertiary/aromatic N) is 1. The number of pyridine rings is 1. The number of hydrogen-bond donors (Lipinski definition) is 1. The van der Waals surface area contributed by atoms with Crippen molar-refractivity contribution in [3.63, 3.8) is 0 Å². The zero-order chi connectivity index (χ0) is 19.0. The smallest absolute Gasteiger partial charge is 0.261 e. The molecule has 2 heterocycles. The number of aryl methyl sites for hydroxylation is 2. The fourth-order valence-corrected chi connectivity index (χ4v) is 3.63. The van der Waals surface area contributed by atoms with Gasteiger partial charge in [-0.2, -0.15) is 0 Å². The Hall–Kier alpha value is -3.28. The lowest BCUT2D eigenvalue weighted by atomic mass is 9.99. The van der Waals surface area contributed by atoms with Crippen LogP contribution in [0.5, 0.6) is 11.5 Å². The van der Waals surface area contributed by atoms with Crippen LogP contribution in [0.15, 0.2) is 47.4 Å². The molecule has 4 rings (SSSR count). The lowest BCUT2D eigenvalue weighted by molar-refractivity contribution is 0.102. The minimum Gasteiger partial charge on any atom is -0.493 e. The topological polar surface area (TPSA) is 69.6 Å². The fourth-order valence-electron chi connectivity index (χ4n) is 3.63. The summed E-state index contributed by atoms with van der Waals surface area (Å²) in [5.41, 5.74) is 2.52. The molecule has 3 aromatic rings. The van der Waals surface area contributed by atoms with Crippen LogP contribution in [-0.4, -0.2) is 24.7 Å². The normalized spacial score (nSPS) is 12.7. The molecule has 0 bridgehead atoms. The van der Waals surface area contributed by atoms with E-state index in [1.807, 2.05) is 16.7 Å². The van der Waals surface area contributed by atoms with Gasteiger partial charge < -0.3 is 19.4 Å². The van der Waals surface area contributed by atoms with Crippen LogP contribution < -0.4 is 20.2 Å². The summed E-state index contributed by atoms with van der Waals surface area (Å²) in [4.78, 5) is 25.7. The second kappa shape index (κ2) is 6.79. The Bertz CT molecular complexity index is 1100. The molecular formula is C21H20N2O4. The van der Waals surface area contributed by atoms with Crippen LogP contribution in [0.25, 0.3) is 10.9 Å². The molecule has 2 aromatic carbocycles. The largest absolute Gasteiger partial charge is 0.493 e. The Labute approximate surface area is 156 Å². The molecule has 138 valence electrons. The van der Waals surface area contributed by atoms with Crippen LogP contribution in [-0.2, 0) is 13.0 Å². The lowest BCUT2D eigenvalue weighted by Crippen LogP contribution is -2.25. The van der Waals surface area contributed by atoms with Crippen LogP contribution in [0.1, 0.15) is 22.3 Å². The molecule has 1 N–H and O–H groups in total. The third-order valence-electron chi connectivity index (χ3n) is 4.91. The van der Waals surface area contributed by atoms with Crippen molar-refractivity contribution in [2.24, 2.45) is 0 Å². The zero-order valence-electron chi connectivity index (χ0n) is 15.2. The molecular weight excluding hydrogens is 344 g/mol. The molecule has 0 unspecified atom stereocenters. The summed E-state index contributed by atoms with van der Waals surface area (Å²) in [5.74, 6) is 0.636. The number of ether oxygens (including phenoxy) is 2. The minimum absolute atomic E-state index is 0.135. The summed E-state index contributed by atoms with van der Waals surface area (Å²) in [5, 5.41) is 3.38. The molecule has 1 aliphatic heterocycles. The first kappa shape index (κ1) is 17.1. The van der Waals surface area contributed by atoms with Gasteiger partial charge in [-0.1, -0.05) is 12.1 Å². The number of rotatable bonds is 4. The number of aromatic nitrogens is 1. The number of carbonyl (C=O) groups excluding carboxylic acids is 1. The third kappa shape index (κ3) is 2.93. The number of para-hydroxylation sites is 1. The van der Waals surface area contributed by atoms with Gasteiger partial charge in [-0.05, 0) is 36.6 Å².